The van der Waals surface area contributed by atoms with Crippen LogP contribution in [0.5, 0.6) is 5.75 Å². The number of carbonyl (C=O) groups is 1. The maximum atomic E-state index is 12.6. The number of nitrogens with zero attached hydrogens (tertiary/aromatic N) is 1. The van der Waals surface area contributed by atoms with Gasteiger partial charge in [-0.1, -0.05) is 42.5 Å². The molecule has 132 valence electrons. The third-order valence-corrected chi connectivity index (χ3v) is 3.40. The van der Waals surface area contributed by atoms with E-state index in [9.17, 15) is 4.79 Å². The molecule has 0 unspecified atom stereocenters. The third kappa shape index (κ3) is 5.99. The molecule has 0 fully saturated rings. The van der Waals surface area contributed by atoms with Crippen molar-refractivity contribution in [3.63, 3.8) is 0 Å². The number of ether oxygens (including phenoxy) is 2. The van der Waals surface area contributed by atoms with Gasteiger partial charge in [-0.3, -0.25) is 4.90 Å². The summed E-state index contributed by atoms with van der Waals surface area (Å²) in [6.07, 6.45) is 3.56. The van der Waals surface area contributed by atoms with Gasteiger partial charge in [0.15, 0.2) is 0 Å². The summed E-state index contributed by atoms with van der Waals surface area (Å²) < 4.78 is 10.7. The lowest BCUT2D eigenvalue weighted by molar-refractivity contribution is 0.0584. The number of hydrogen-bond donors (Lipinski definition) is 0. The van der Waals surface area contributed by atoms with Crippen LogP contribution >= 0.6 is 0 Å². The molecule has 1 amide bonds. The number of hydrogen-bond acceptors (Lipinski definition) is 3. The summed E-state index contributed by atoms with van der Waals surface area (Å²) in [4.78, 5) is 14.2. The zero-order valence-corrected chi connectivity index (χ0v) is 15.2. The molecule has 0 bridgehead atoms. The zero-order chi connectivity index (χ0) is 18.3. The molecule has 0 spiro atoms. The Morgan fingerprint density at radius 1 is 1.04 bits per heavy atom. The lowest BCUT2D eigenvalue weighted by Crippen LogP contribution is -2.37. The van der Waals surface area contributed by atoms with Crippen molar-refractivity contribution < 1.29 is 14.3 Å². The van der Waals surface area contributed by atoms with E-state index in [2.05, 4.69) is 0 Å². The average Bonchev–Trinajstić information content (AvgIpc) is 2.58. The van der Waals surface area contributed by atoms with Crippen molar-refractivity contribution in [2.75, 3.05) is 18.6 Å². The maximum Gasteiger partial charge on any atom is 0.415 e. The van der Waals surface area contributed by atoms with Crippen LogP contribution in [0.1, 0.15) is 26.3 Å². The molecule has 0 atom stereocenters. The Labute approximate surface area is 149 Å². The predicted octanol–water partition coefficient (Wildman–Crippen LogP) is 5.15. The lowest BCUT2D eigenvalue weighted by atomic mass is 10.2. The number of methoxy groups -OCH3 is 1. The highest BCUT2D eigenvalue weighted by Crippen LogP contribution is 2.22. The van der Waals surface area contributed by atoms with Crippen LogP contribution in [0, 0.1) is 0 Å². The van der Waals surface area contributed by atoms with Crippen molar-refractivity contribution in [3.05, 3.63) is 66.2 Å². The van der Waals surface area contributed by atoms with Gasteiger partial charge in [0.2, 0.25) is 0 Å². The van der Waals surface area contributed by atoms with Crippen LogP contribution in [0.2, 0.25) is 0 Å². The predicted molar refractivity (Wildman–Crippen MR) is 102 cm³/mol. The molecule has 4 heteroatoms. The molecule has 0 aromatic heterocycles. The molecule has 2 aromatic rings. The van der Waals surface area contributed by atoms with Crippen molar-refractivity contribution in [2.45, 2.75) is 26.4 Å². The van der Waals surface area contributed by atoms with Crippen molar-refractivity contribution in [1.29, 1.82) is 0 Å². The van der Waals surface area contributed by atoms with Crippen LogP contribution in [-0.2, 0) is 4.74 Å². The van der Waals surface area contributed by atoms with E-state index in [0.29, 0.717) is 6.54 Å². The topological polar surface area (TPSA) is 38.8 Å². The fourth-order valence-electron chi connectivity index (χ4n) is 2.22. The maximum absolute atomic E-state index is 12.6. The molecule has 0 heterocycles. The van der Waals surface area contributed by atoms with E-state index in [0.717, 1.165) is 17.0 Å². The fourth-order valence-corrected chi connectivity index (χ4v) is 2.22. The minimum absolute atomic E-state index is 0.379. The summed E-state index contributed by atoms with van der Waals surface area (Å²) in [6, 6.07) is 17.3. The highest BCUT2D eigenvalue weighted by Gasteiger charge is 2.22. The average molecular weight is 339 g/mol. The number of anilines is 1. The Kier molecular flexibility index (Phi) is 6.23. The monoisotopic (exact) mass is 339 g/mol. The summed E-state index contributed by atoms with van der Waals surface area (Å²) in [5.74, 6) is 0.743. The largest absolute Gasteiger partial charge is 0.497 e. The molecule has 0 aliphatic carbocycles. The number of amides is 1. The van der Waals surface area contributed by atoms with Gasteiger partial charge in [0.25, 0.3) is 0 Å². The molecular formula is C21H25NO3. The third-order valence-electron chi connectivity index (χ3n) is 3.40. The molecule has 4 nitrogen and oxygen atoms in total. The van der Waals surface area contributed by atoms with Crippen molar-refractivity contribution in [1.82, 2.24) is 0 Å². The van der Waals surface area contributed by atoms with E-state index in [1.807, 2.05) is 87.5 Å². The molecule has 0 saturated heterocycles. The lowest BCUT2D eigenvalue weighted by Gasteiger charge is -2.26. The van der Waals surface area contributed by atoms with Crippen LogP contribution in [0.15, 0.2) is 60.7 Å². The van der Waals surface area contributed by atoms with Gasteiger partial charge in [0, 0.05) is 12.2 Å². The van der Waals surface area contributed by atoms with Gasteiger partial charge in [-0.2, -0.15) is 0 Å². The summed E-state index contributed by atoms with van der Waals surface area (Å²) in [5.41, 5.74) is 1.29. The molecule has 2 rings (SSSR count). The molecule has 0 N–H and O–H groups in total. The summed E-state index contributed by atoms with van der Waals surface area (Å²) in [7, 11) is 1.61. The van der Waals surface area contributed by atoms with Gasteiger partial charge in [0.1, 0.15) is 11.4 Å². The second-order valence-corrected chi connectivity index (χ2v) is 6.60. The van der Waals surface area contributed by atoms with Gasteiger partial charge < -0.3 is 9.47 Å². The first-order chi connectivity index (χ1) is 11.9. The summed E-state index contributed by atoms with van der Waals surface area (Å²) >= 11 is 0. The second-order valence-electron chi connectivity index (χ2n) is 6.60. The highest BCUT2D eigenvalue weighted by atomic mass is 16.6. The molecule has 0 radical (unpaired) electrons. The van der Waals surface area contributed by atoms with E-state index in [4.69, 9.17) is 9.47 Å². The van der Waals surface area contributed by atoms with Crippen LogP contribution < -0.4 is 9.64 Å². The van der Waals surface area contributed by atoms with Gasteiger partial charge in [-0.15, -0.1) is 0 Å². The van der Waals surface area contributed by atoms with E-state index in [1.54, 1.807) is 12.0 Å². The van der Waals surface area contributed by atoms with E-state index >= 15 is 0 Å². The van der Waals surface area contributed by atoms with Gasteiger partial charge >= 0.3 is 6.09 Å². The Hall–Kier alpha value is -2.75. The quantitative estimate of drug-likeness (QED) is 0.756. The highest BCUT2D eigenvalue weighted by molar-refractivity contribution is 5.88. The Bertz CT molecular complexity index is 700. The Balaban J connectivity index is 2.18. The van der Waals surface area contributed by atoms with E-state index in [-0.39, 0.29) is 6.09 Å². The van der Waals surface area contributed by atoms with Crippen molar-refractivity contribution >= 4 is 17.9 Å². The zero-order valence-electron chi connectivity index (χ0n) is 15.2. The molecule has 0 saturated carbocycles. The van der Waals surface area contributed by atoms with Crippen LogP contribution in [-0.4, -0.2) is 25.3 Å². The molecule has 0 aliphatic heterocycles. The Morgan fingerprint density at radius 2 is 1.68 bits per heavy atom. The van der Waals surface area contributed by atoms with E-state index < -0.39 is 5.60 Å². The first-order valence-electron chi connectivity index (χ1n) is 8.25. The van der Waals surface area contributed by atoms with Crippen molar-refractivity contribution in [2.24, 2.45) is 0 Å². The fraction of sp³-hybridized carbons (Fsp3) is 0.286. The first-order valence-corrected chi connectivity index (χ1v) is 8.25. The molecule has 2 aromatic carbocycles. The van der Waals surface area contributed by atoms with Gasteiger partial charge in [-0.05, 0) is 50.6 Å². The normalized spacial score (nSPS) is 11.4. The molecule has 0 aliphatic rings. The van der Waals surface area contributed by atoms with Crippen LogP contribution in [0.4, 0.5) is 10.5 Å². The minimum Gasteiger partial charge on any atom is -0.497 e. The summed E-state index contributed by atoms with van der Waals surface area (Å²) in [5, 5.41) is 0. The number of rotatable bonds is 5. The van der Waals surface area contributed by atoms with E-state index in [1.165, 1.54) is 0 Å². The minimum atomic E-state index is -0.551. The first kappa shape index (κ1) is 18.6. The van der Waals surface area contributed by atoms with Gasteiger partial charge in [-0.25, -0.2) is 4.79 Å². The second kappa shape index (κ2) is 8.38. The standard InChI is InChI=1S/C21H25NO3/c1-21(2,3)25-20(23)22(18-12-14-19(24-4)15-13-18)16-8-11-17-9-6-5-7-10-17/h5-15H,16H2,1-4H3. The smallest absolute Gasteiger partial charge is 0.415 e. The van der Waals surface area contributed by atoms with Crippen LogP contribution in [0.25, 0.3) is 6.08 Å². The van der Waals surface area contributed by atoms with Crippen molar-refractivity contribution in [3.8, 4) is 5.75 Å². The number of benzene rings is 2. The van der Waals surface area contributed by atoms with Crippen LogP contribution in [0.3, 0.4) is 0 Å². The SMILES string of the molecule is COc1ccc(N(CC=Cc2ccccc2)C(=O)OC(C)(C)C)cc1. The molecule has 25 heavy (non-hydrogen) atoms. The summed E-state index contributed by atoms with van der Waals surface area (Å²) in [6.45, 7) is 5.99. The Morgan fingerprint density at radius 3 is 2.24 bits per heavy atom. The number of carbonyl (C=O) groups excluding carboxylic acids is 1. The molecular weight excluding hydrogens is 314 g/mol. The van der Waals surface area contributed by atoms with Gasteiger partial charge in [0.05, 0.1) is 7.11 Å².